The summed E-state index contributed by atoms with van der Waals surface area (Å²) in [7, 11) is 0. The summed E-state index contributed by atoms with van der Waals surface area (Å²) in [5, 5.41) is 5.42. The van der Waals surface area contributed by atoms with Crippen LogP contribution in [0.4, 0.5) is 0 Å². The average Bonchev–Trinajstić information content (AvgIpc) is 3.32. The summed E-state index contributed by atoms with van der Waals surface area (Å²) < 4.78 is 4.89. The Hall–Kier alpha value is -3.52. The highest BCUT2D eigenvalue weighted by atomic mass is 15.0. The van der Waals surface area contributed by atoms with Crippen molar-refractivity contribution in [2.75, 3.05) is 0 Å². The van der Waals surface area contributed by atoms with Crippen LogP contribution in [0.15, 0.2) is 84.9 Å². The van der Waals surface area contributed by atoms with E-state index in [0.29, 0.717) is 0 Å². The number of aromatic nitrogens is 2. The third kappa shape index (κ3) is 2.64. The molecule has 2 aromatic heterocycles. The first-order valence-electron chi connectivity index (χ1n) is 11.3. The predicted molar refractivity (Wildman–Crippen MR) is 133 cm³/mol. The first-order valence-corrected chi connectivity index (χ1v) is 11.3. The van der Waals surface area contributed by atoms with Gasteiger partial charge in [0.15, 0.2) is 0 Å². The van der Waals surface area contributed by atoms with Crippen LogP contribution in [0.3, 0.4) is 0 Å². The van der Waals surface area contributed by atoms with Gasteiger partial charge in [-0.15, -0.1) is 0 Å². The van der Waals surface area contributed by atoms with E-state index < -0.39 is 0 Å². The topological polar surface area (TPSA) is 9.86 Å². The smallest absolute Gasteiger partial charge is 0.0527 e. The van der Waals surface area contributed by atoms with Gasteiger partial charge in [-0.3, -0.25) is 0 Å². The van der Waals surface area contributed by atoms with Gasteiger partial charge in [0.05, 0.1) is 5.52 Å². The molecule has 0 N–H and O–H groups in total. The fraction of sp³-hybridized carbons (Fsp3) is 0.172. The van der Waals surface area contributed by atoms with Crippen molar-refractivity contribution in [3.05, 3.63) is 96.1 Å². The van der Waals surface area contributed by atoms with E-state index in [4.69, 9.17) is 0 Å². The third-order valence-corrected chi connectivity index (χ3v) is 6.74. The molecular formula is C29H26N2. The number of benzene rings is 4. The lowest BCUT2D eigenvalue weighted by Crippen LogP contribution is -1.98. The Morgan fingerprint density at radius 1 is 0.548 bits per heavy atom. The Labute approximate surface area is 182 Å². The number of para-hydroxylation sites is 3. The Morgan fingerprint density at radius 3 is 1.90 bits per heavy atom. The largest absolute Gasteiger partial charge is 0.341 e. The molecule has 0 spiro atoms. The van der Waals surface area contributed by atoms with Gasteiger partial charge in [-0.05, 0) is 55.7 Å². The molecule has 0 bridgehead atoms. The summed E-state index contributed by atoms with van der Waals surface area (Å²) in [5.74, 6) is 0. The molecule has 0 amide bonds. The lowest BCUT2D eigenvalue weighted by atomic mass is 10.00. The molecular weight excluding hydrogens is 376 g/mol. The van der Waals surface area contributed by atoms with Gasteiger partial charge in [-0.1, -0.05) is 60.7 Å². The quantitative estimate of drug-likeness (QED) is 0.288. The van der Waals surface area contributed by atoms with Crippen molar-refractivity contribution >= 4 is 43.6 Å². The molecule has 0 saturated heterocycles. The maximum absolute atomic E-state index is 2.47. The van der Waals surface area contributed by atoms with E-state index in [9.17, 15) is 0 Å². The predicted octanol–water partition coefficient (Wildman–Crippen LogP) is 7.53. The van der Waals surface area contributed by atoms with E-state index >= 15 is 0 Å². The number of rotatable bonds is 4. The van der Waals surface area contributed by atoms with Gasteiger partial charge in [-0.2, -0.15) is 0 Å². The van der Waals surface area contributed by atoms with E-state index in [-0.39, 0.29) is 0 Å². The normalized spacial score (nSPS) is 11.9. The molecule has 152 valence electrons. The highest BCUT2D eigenvalue weighted by molar-refractivity contribution is 6.10. The lowest BCUT2D eigenvalue weighted by Gasteiger charge is -2.10. The van der Waals surface area contributed by atoms with Crippen LogP contribution in [0.2, 0.25) is 0 Å². The van der Waals surface area contributed by atoms with Crippen LogP contribution in [0.5, 0.6) is 0 Å². The molecule has 2 heterocycles. The van der Waals surface area contributed by atoms with Crippen LogP contribution in [-0.2, 0) is 19.5 Å². The molecule has 0 aliphatic heterocycles. The van der Waals surface area contributed by atoms with Crippen LogP contribution in [0.25, 0.3) is 43.6 Å². The Morgan fingerprint density at radius 2 is 1.16 bits per heavy atom. The zero-order chi connectivity index (χ0) is 20.9. The monoisotopic (exact) mass is 402 g/mol. The average molecular weight is 403 g/mol. The molecule has 0 saturated carbocycles. The summed E-state index contributed by atoms with van der Waals surface area (Å²) in [5.41, 5.74) is 8.12. The third-order valence-electron chi connectivity index (χ3n) is 6.74. The summed E-state index contributed by atoms with van der Waals surface area (Å²) in [4.78, 5) is 0. The molecule has 0 fully saturated rings. The van der Waals surface area contributed by atoms with Gasteiger partial charge in [0.1, 0.15) is 0 Å². The number of nitrogens with zero attached hydrogens (tertiary/aromatic N) is 2. The number of fused-ring (bicyclic) bond motifs is 6. The van der Waals surface area contributed by atoms with E-state index in [0.717, 1.165) is 19.5 Å². The fourth-order valence-corrected chi connectivity index (χ4v) is 5.43. The molecule has 6 aromatic rings. The summed E-state index contributed by atoms with van der Waals surface area (Å²) in [6, 6.07) is 31.4. The molecule has 6 rings (SSSR count). The Kier molecular flexibility index (Phi) is 4.14. The lowest BCUT2D eigenvalue weighted by molar-refractivity contribution is 0.823. The van der Waals surface area contributed by atoms with E-state index in [1.807, 2.05) is 0 Å². The van der Waals surface area contributed by atoms with Gasteiger partial charge in [0.2, 0.25) is 0 Å². The molecule has 0 radical (unpaired) electrons. The highest BCUT2D eigenvalue weighted by Crippen LogP contribution is 2.34. The van der Waals surface area contributed by atoms with Gasteiger partial charge < -0.3 is 9.13 Å². The Bertz CT molecular complexity index is 1580. The van der Waals surface area contributed by atoms with Gasteiger partial charge in [0, 0.05) is 51.2 Å². The van der Waals surface area contributed by atoms with Crippen molar-refractivity contribution < 1.29 is 0 Å². The molecule has 0 unspecified atom stereocenters. The zero-order valence-electron chi connectivity index (χ0n) is 18.1. The fourth-order valence-electron chi connectivity index (χ4n) is 5.43. The van der Waals surface area contributed by atoms with E-state index in [2.05, 4.69) is 108 Å². The molecule has 31 heavy (non-hydrogen) atoms. The molecule has 4 aromatic carbocycles. The van der Waals surface area contributed by atoms with E-state index in [1.54, 1.807) is 0 Å². The van der Waals surface area contributed by atoms with E-state index in [1.165, 1.54) is 54.7 Å². The van der Waals surface area contributed by atoms with Crippen LogP contribution < -0.4 is 0 Å². The minimum Gasteiger partial charge on any atom is -0.341 e. The number of hydrogen-bond acceptors (Lipinski definition) is 0. The van der Waals surface area contributed by atoms with Crippen LogP contribution >= 0.6 is 0 Å². The minimum atomic E-state index is 0.940. The van der Waals surface area contributed by atoms with Crippen molar-refractivity contribution in [3.63, 3.8) is 0 Å². The molecule has 0 aliphatic rings. The van der Waals surface area contributed by atoms with Crippen molar-refractivity contribution in [2.24, 2.45) is 0 Å². The van der Waals surface area contributed by atoms with Crippen molar-refractivity contribution in [2.45, 2.75) is 33.4 Å². The highest BCUT2D eigenvalue weighted by Gasteiger charge is 2.14. The second kappa shape index (κ2) is 7.02. The summed E-state index contributed by atoms with van der Waals surface area (Å²) in [6.07, 6.45) is 0.940. The Balaban J connectivity index is 1.55. The second-order valence-electron chi connectivity index (χ2n) is 8.36. The van der Waals surface area contributed by atoms with Crippen LogP contribution in [-0.4, -0.2) is 9.13 Å². The summed E-state index contributed by atoms with van der Waals surface area (Å²) in [6.45, 7) is 6.43. The van der Waals surface area contributed by atoms with Crippen LogP contribution in [0.1, 0.15) is 25.0 Å². The second-order valence-corrected chi connectivity index (χ2v) is 8.36. The van der Waals surface area contributed by atoms with Gasteiger partial charge in [-0.25, -0.2) is 0 Å². The van der Waals surface area contributed by atoms with Crippen LogP contribution in [0, 0.1) is 0 Å². The maximum Gasteiger partial charge on any atom is 0.0527 e. The van der Waals surface area contributed by atoms with Crippen molar-refractivity contribution in [1.29, 1.82) is 0 Å². The minimum absolute atomic E-state index is 0.940. The first kappa shape index (κ1) is 18.3. The molecule has 2 heteroatoms. The SMILES string of the molecule is CCn1c2ccccc2c2cc(Cc3cccc4c5ccccc5n(CC)c34)ccc21. The maximum atomic E-state index is 2.47. The standard InChI is InChI=1S/C29H26N2/c1-3-30-26-14-7-6-12-23(26)25-19-20(16-17-28(25)30)18-21-10-9-13-24-22-11-5-8-15-27(22)31(4-2)29(21)24/h5-17,19H,3-4,18H2,1-2H3. The van der Waals surface area contributed by atoms with Gasteiger partial charge in [0.25, 0.3) is 0 Å². The zero-order valence-corrected chi connectivity index (χ0v) is 18.1. The number of aryl methyl sites for hydroxylation is 2. The molecule has 0 atom stereocenters. The molecule has 0 aliphatic carbocycles. The summed E-state index contributed by atoms with van der Waals surface area (Å²) >= 11 is 0. The first-order chi connectivity index (χ1) is 15.3. The number of hydrogen-bond donors (Lipinski definition) is 0. The van der Waals surface area contributed by atoms with Crippen molar-refractivity contribution in [3.8, 4) is 0 Å². The van der Waals surface area contributed by atoms with Crippen molar-refractivity contribution in [1.82, 2.24) is 9.13 Å². The van der Waals surface area contributed by atoms with Gasteiger partial charge >= 0.3 is 0 Å². The molecule has 2 nitrogen and oxygen atoms in total.